The number of rotatable bonds is 6. The van der Waals surface area contributed by atoms with E-state index in [-0.39, 0.29) is 17.7 Å². The van der Waals surface area contributed by atoms with Gasteiger partial charge in [0.25, 0.3) is 5.91 Å². The molecule has 0 fully saturated rings. The molecule has 29 heavy (non-hydrogen) atoms. The largest absolute Gasteiger partial charge is 0.490 e. The fourth-order valence-corrected chi connectivity index (χ4v) is 2.25. The molecule has 12 heteroatoms. The summed E-state index contributed by atoms with van der Waals surface area (Å²) in [5, 5.41) is 7.12. The van der Waals surface area contributed by atoms with E-state index >= 15 is 0 Å². The minimum Gasteiger partial charge on any atom is -0.475 e. The van der Waals surface area contributed by atoms with Crippen molar-refractivity contribution >= 4 is 29.5 Å². The Morgan fingerprint density at radius 3 is 1.97 bits per heavy atom. The molecule has 0 saturated carbocycles. The number of methoxy groups -OCH3 is 2. The highest BCUT2D eigenvalue weighted by atomic mass is 19.4. The molecule has 1 aromatic rings. The van der Waals surface area contributed by atoms with Gasteiger partial charge in [-0.1, -0.05) is 19.1 Å². The molecular formula is C17H21F3N2O7. The van der Waals surface area contributed by atoms with Crippen molar-refractivity contribution < 1.29 is 46.9 Å². The first-order valence-corrected chi connectivity index (χ1v) is 7.91. The van der Waals surface area contributed by atoms with Gasteiger partial charge in [-0.25, -0.2) is 4.79 Å². The standard InChI is InChI=1S/C15H20N2O5.C2HF3O2/c1-8(14(19)21-2)7-11(15(20)22-3)9-5-4-6-10(12(9)16)13(17)18;3-2(4,5)1(6)7/h4-6,8,11H,7,16H2,1-3H3,(H2,17,18);(H,6,7)/t8-,11-;/m1./s1. The highest BCUT2D eigenvalue weighted by Gasteiger charge is 2.38. The molecule has 1 aromatic carbocycles. The van der Waals surface area contributed by atoms with Crippen molar-refractivity contribution in [2.45, 2.75) is 25.4 Å². The second-order valence-corrected chi connectivity index (χ2v) is 5.71. The monoisotopic (exact) mass is 422 g/mol. The van der Waals surface area contributed by atoms with Crippen LogP contribution in [0.4, 0.5) is 18.9 Å². The van der Waals surface area contributed by atoms with E-state index in [2.05, 4.69) is 4.74 Å². The lowest BCUT2D eigenvalue weighted by Gasteiger charge is -2.20. The molecule has 0 aliphatic rings. The molecule has 1 amide bonds. The number of nitrogens with two attached hydrogens (primary N) is 2. The summed E-state index contributed by atoms with van der Waals surface area (Å²) in [5.74, 6) is -5.77. The highest BCUT2D eigenvalue weighted by molar-refractivity contribution is 5.99. The van der Waals surface area contributed by atoms with Crippen molar-refractivity contribution in [3.8, 4) is 0 Å². The fraction of sp³-hybridized carbons (Fsp3) is 0.412. The molecule has 0 aromatic heterocycles. The average Bonchev–Trinajstić information content (AvgIpc) is 2.64. The summed E-state index contributed by atoms with van der Waals surface area (Å²) in [6.07, 6.45) is -4.94. The second kappa shape index (κ2) is 10.9. The summed E-state index contributed by atoms with van der Waals surface area (Å²) in [6, 6.07) is 4.65. The molecule has 0 aliphatic heterocycles. The van der Waals surface area contributed by atoms with Gasteiger partial charge in [-0.15, -0.1) is 0 Å². The minimum atomic E-state index is -5.08. The number of benzene rings is 1. The van der Waals surface area contributed by atoms with Crippen LogP contribution in [0.2, 0.25) is 0 Å². The molecule has 1 rings (SSSR count). The Balaban J connectivity index is 0.000000956. The van der Waals surface area contributed by atoms with Crippen LogP contribution in [-0.4, -0.2) is 49.3 Å². The summed E-state index contributed by atoms with van der Waals surface area (Å²) >= 11 is 0. The van der Waals surface area contributed by atoms with Crippen LogP contribution in [0.25, 0.3) is 0 Å². The molecular weight excluding hydrogens is 401 g/mol. The lowest BCUT2D eigenvalue weighted by Crippen LogP contribution is -2.24. The quantitative estimate of drug-likeness (QED) is 0.459. The van der Waals surface area contributed by atoms with Crippen molar-refractivity contribution in [3.63, 3.8) is 0 Å². The number of carbonyl (C=O) groups excluding carboxylic acids is 3. The molecule has 0 radical (unpaired) electrons. The Kier molecular flexibility index (Phi) is 9.64. The minimum absolute atomic E-state index is 0.113. The topological polar surface area (TPSA) is 159 Å². The number of amides is 1. The summed E-state index contributed by atoms with van der Waals surface area (Å²) < 4.78 is 41.2. The van der Waals surface area contributed by atoms with Gasteiger partial charge >= 0.3 is 24.1 Å². The first kappa shape index (κ1) is 25.7. The summed E-state index contributed by atoms with van der Waals surface area (Å²) in [7, 11) is 2.51. The Morgan fingerprint density at radius 2 is 1.59 bits per heavy atom. The Hall–Kier alpha value is -3.31. The first-order valence-electron chi connectivity index (χ1n) is 7.91. The number of nitrogen functional groups attached to an aromatic ring is 1. The molecule has 5 N–H and O–H groups in total. The van der Waals surface area contributed by atoms with Crippen molar-refractivity contribution in [2.24, 2.45) is 11.7 Å². The van der Waals surface area contributed by atoms with E-state index in [0.717, 1.165) is 0 Å². The lowest BCUT2D eigenvalue weighted by molar-refractivity contribution is -0.192. The number of hydrogen-bond donors (Lipinski definition) is 3. The predicted molar refractivity (Wildman–Crippen MR) is 93.6 cm³/mol. The van der Waals surface area contributed by atoms with Gasteiger partial charge in [-0.2, -0.15) is 13.2 Å². The number of carboxylic acids is 1. The molecule has 0 spiro atoms. The van der Waals surface area contributed by atoms with Crippen LogP contribution in [0, 0.1) is 5.92 Å². The van der Waals surface area contributed by atoms with Gasteiger partial charge in [0.15, 0.2) is 0 Å². The number of ether oxygens (including phenoxy) is 2. The Bertz CT molecular complexity index is 766. The van der Waals surface area contributed by atoms with Crippen LogP contribution >= 0.6 is 0 Å². The van der Waals surface area contributed by atoms with E-state index < -0.39 is 41.8 Å². The SMILES string of the molecule is COC(=O)[C@H](C)C[C@@H](C(=O)OC)c1cccc(C(N)=O)c1N.O=C(O)C(F)(F)F. The number of carboxylic acid groups (broad SMARTS) is 1. The van der Waals surface area contributed by atoms with Gasteiger partial charge in [0.2, 0.25) is 0 Å². The summed E-state index contributed by atoms with van der Waals surface area (Å²) in [4.78, 5) is 43.9. The zero-order valence-corrected chi connectivity index (χ0v) is 15.8. The number of esters is 2. The van der Waals surface area contributed by atoms with Crippen molar-refractivity contribution in [2.75, 3.05) is 20.0 Å². The number of hydrogen-bond acceptors (Lipinski definition) is 7. The third-order valence-corrected chi connectivity index (χ3v) is 3.70. The third kappa shape index (κ3) is 7.68. The molecule has 0 unspecified atom stereocenters. The maximum atomic E-state index is 12.0. The molecule has 2 atom stereocenters. The normalized spacial score (nSPS) is 12.6. The molecule has 0 heterocycles. The maximum Gasteiger partial charge on any atom is 0.490 e. The number of anilines is 1. The van der Waals surface area contributed by atoms with Crippen LogP contribution in [-0.2, 0) is 23.9 Å². The molecule has 0 bridgehead atoms. The van der Waals surface area contributed by atoms with Gasteiger partial charge in [0, 0.05) is 5.69 Å². The zero-order valence-electron chi connectivity index (χ0n) is 15.8. The molecule has 0 aliphatic carbocycles. The van der Waals surface area contributed by atoms with Crippen molar-refractivity contribution in [1.82, 2.24) is 0 Å². The van der Waals surface area contributed by atoms with Crippen LogP contribution in [0.3, 0.4) is 0 Å². The van der Waals surface area contributed by atoms with E-state index in [1.165, 1.54) is 20.3 Å². The summed E-state index contributed by atoms with van der Waals surface area (Å²) in [6.45, 7) is 1.63. The Morgan fingerprint density at radius 1 is 1.10 bits per heavy atom. The number of primary amides is 1. The van der Waals surface area contributed by atoms with Gasteiger partial charge in [0.1, 0.15) is 0 Å². The zero-order chi connectivity index (χ0) is 22.9. The number of alkyl halides is 3. The average molecular weight is 422 g/mol. The van der Waals surface area contributed by atoms with E-state index in [1.54, 1.807) is 19.1 Å². The lowest BCUT2D eigenvalue weighted by atomic mass is 9.87. The molecule has 0 saturated heterocycles. The summed E-state index contributed by atoms with van der Waals surface area (Å²) in [5.41, 5.74) is 11.8. The van der Waals surface area contributed by atoms with Crippen molar-refractivity contribution in [3.05, 3.63) is 29.3 Å². The second-order valence-electron chi connectivity index (χ2n) is 5.71. The van der Waals surface area contributed by atoms with Gasteiger partial charge < -0.3 is 26.0 Å². The number of aliphatic carboxylic acids is 1. The van der Waals surface area contributed by atoms with Crippen molar-refractivity contribution in [1.29, 1.82) is 0 Å². The third-order valence-electron chi connectivity index (χ3n) is 3.70. The number of para-hydroxylation sites is 1. The van der Waals surface area contributed by atoms with Gasteiger partial charge in [0.05, 0.1) is 31.6 Å². The van der Waals surface area contributed by atoms with E-state index in [1.807, 2.05) is 0 Å². The number of halogens is 3. The van der Waals surface area contributed by atoms with Crippen LogP contribution in [0.15, 0.2) is 18.2 Å². The van der Waals surface area contributed by atoms with Crippen LogP contribution in [0.1, 0.15) is 35.2 Å². The van der Waals surface area contributed by atoms with Gasteiger partial charge in [-0.3, -0.25) is 14.4 Å². The maximum absolute atomic E-state index is 12.0. The fourth-order valence-electron chi connectivity index (χ4n) is 2.25. The smallest absolute Gasteiger partial charge is 0.475 e. The van der Waals surface area contributed by atoms with E-state index in [9.17, 15) is 27.6 Å². The van der Waals surface area contributed by atoms with E-state index in [0.29, 0.717) is 5.56 Å². The van der Waals surface area contributed by atoms with Crippen LogP contribution < -0.4 is 11.5 Å². The highest BCUT2D eigenvalue weighted by Crippen LogP contribution is 2.31. The van der Waals surface area contributed by atoms with Gasteiger partial charge in [-0.05, 0) is 18.1 Å². The number of carbonyl (C=O) groups is 4. The molecule has 9 nitrogen and oxygen atoms in total. The Labute approximate surface area is 163 Å². The van der Waals surface area contributed by atoms with Crippen LogP contribution in [0.5, 0.6) is 0 Å². The predicted octanol–water partition coefficient (Wildman–Crippen LogP) is 1.46. The first-order chi connectivity index (χ1) is 13.3. The van der Waals surface area contributed by atoms with E-state index in [4.69, 9.17) is 26.1 Å². The molecule has 162 valence electrons.